The number of halogens is 1. The lowest BCUT2D eigenvalue weighted by atomic mass is 9.96. The first-order valence-electron chi connectivity index (χ1n) is 7.96. The summed E-state index contributed by atoms with van der Waals surface area (Å²) in [5.74, 6) is 0.687. The van der Waals surface area contributed by atoms with Gasteiger partial charge < -0.3 is 14.5 Å². The standard InChI is InChI=1S/C18H22FN3.2CH2O/c1-6-7-15-16(12(2)3)20-18(22(4)5)21-17(15)13-8-10-14(19)11-9-13;2*1-2/h6,8-12H,1,7H2,2-5H3;2*1H2. The van der Waals surface area contributed by atoms with Crippen LogP contribution in [0, 0.1) is 5.82 Å². The molecule has 0 spiro atoms. The predicted octanol–water partition coefficient (Wildman–Crippen LogP) is 3.83. The summed E-state index contributed by atoms with van der Waals surface area (Å²) in [5.41, 5.74) is 3.81. The van der Waals surface area contributed by atoms with Crippen molar-refractivity contribution in [2.24, 2.45) is 0 Å². The van der Waals surface area contributed by atoms with Gasteiger partial charge in [-0.3, -0.25) is 0 Å². The van der Waals surface area contributed by atoms with Gasteiger partial charge in [-0.2, -0.15) is 0 Å². The number of hydrogen-bond donors (Lipinski definition) is 0. The second kappa shape index (κ2) is 11.6. The first-order valence-corrected chi connectivity index (χ1v) is 7.96. The van der Waals surface area contributed by atoms with Crippen molar-refractivity contribution < 1.29 is 14.0 Å². The summed E-state index contributed by atoms with van der Waals surface area (Å²) in [6, 6.07) is 6.43. The van der Waals surface area contributed by atoms with Gasteiger partial charge in [-0.05, 0) is 36.6 Å². The molecule has 0 amide bonds. The summed E-state index contributed by atoms with van der Waals surface area (Å²) in [6.45, 7) is 12.1. The molecule has 0 unspecified atom stereocenters. The summed E-state index contributed by atoms with van der Waals surface area (Å²) in [7, 11) is 3.84. The molecule has 1 aromatic heterocycles. The van der Waals surface area contributed by atoms with Crippen LogP contribution in [-0.2, 0) is 16.0 Å². The van der Waals surface area contributed by atoms with Crippen molar-refractivity contribution in [1.29, 1.82) is 0 Å². The van der Waals surface area contributed by atoms with E-state index in [-0.39, 0.29) is 11.7 Å². The number of aromatic nitrogens is 2. The molecule has 0 aliphatic rings. The Morgan fingerprint density at radius 1 is 1.08 bits per heavy atom. The lowest BCUT2D eigenvalue weighted by Crippen LogP contribution is -2.16. The van der Waals surface area contributed by atoms with Gasteiger partial charge in [0.2, 0.25) is 5.95 Å². The Balaban J connectivity index is 0.00000146. The van der Waals surface area contributed by atoms with Crippen LogP contribution in [0.3, 0.4) is 0 Å². The maximum absolute atomic E-state index is 13.2. The summed E-state index contributed by atoms with van der Waals surface area (Å²) < 4.78 is 13.2. The van der Waals surface area contributed by atoms with E-state index in [9.17, 15) is 4.39 Å². The smallest absolute Gasteiger partial charge is 0.225 e. The first kappa shape index (κ1) is 23.1. The Kier molecular flexibility index (Phi) is 10.3. The Bertz CT molecular complexity index is 699. The maximum Gasteiger partial charge on any atom is 0.225 e. The lowest BCUT2D eigenvalue weighted by molar-refractivity contribution is -0.0987. The van der Waals surface area contributed by atoms with E-state index in [1.54, 1.807) is 12.1 Å². The quantitative estimate of drug-likeness (QED) is 0.759. The molecule has 0 aliphatic heterocycles. The number of allylic oxidation sites excluding steroid dienone is 1. The molecule has 2 rings (SSSR count). The van der Waals surface area contributed by atoms with Gasteiger partial charge in [-0.1, -0.05) is 19.9 Å². The third kappa shape index (κ3) is 5.88. The van der Waals surface area contributed by atoms with Crippen LogP contribution >= 0.6 is 0 Å². The van der Waals surface area contributed by atoms with E-state index in [0.717, 1.165) is 22.5 Å². The Morgan fingerprint density at radius 2 is 1.62 bits per heavy atom. The van der Waals surface area contributed by atoms with E-state index in [1.165, 1.54) is 12.1 Å². The van der Waals surface area contributed by atoms with Gasteiger partial charge in [0, 0.05) is 25.2 Å². The van der Waals surface area contributed by atoms with E-state index in [1.807, 2.05) is 38.6 Å². The van der Waals surface area contributed by atoms with Crippen molar-refractivity contribution in [2.75, 3.05) is 19.0 Å². The van der Waals surface area contributed by atoms with Gasteiger partial charge in [0.05, 0.1) is 11.4 Å². The molecule has 5 nitrogen and oxygen atoms in total. The van der Waals surface area contributed by atoms with Crippen molar-refractivity contribution >= 4 is 19.5 Å². The fraction of sp³-hybridized carbons (Fsp3) is 0.300. The molecule has 0 saturated heterocycles. The number of hydrogen-bond acceptors (Lipinski definition) is 5. The average Bonchev–Trinajstić information content (AvgIpc) is 2.65. The van der Waals surface area contributed by atoms with E-state index in [0.29, 0.717) is 12.4 Å². The number of anilines is 1. The van der Waals surface area contributed by atoms with Gasteiger partial charge in [0.25, 0.3) is 0 Å². The zero-order chi connectivity index (χ0) is 20.3. The zero-order valence-corrected chi connectivity index (χ0v) is 15.8. The van der Waals surface area contributed by atoms with Crippen LogP contribution in [0.25, 0.3) is 11.3 Å². The van der Waals surface area contributed by atoms with Crippen LogP contribution in [0.4, 0.5) is 10.3 Å². The fourth-order valence-electron chi connectivity index (χ4n) is 2.36. The molecule has 0 radical (unpaired) electrons. The molecule has 1 aromatic carbocycles. The summed E-state index contributed by atoms with van der Waals surface area (Å²) in [6.07, 6.45) is 2.54. The Hall–Kier alpha value is -2.89. The minimum absolute atomic E-state index is 0.250. The summed E-state index contributed by atoms with van der Waals surface area (Å²) in [5, 5.41) is 0. The fourth-order valence-corrected chi connectivity index (χ4v) is 2.36. The Morgan fingerprint density at radius 3 is 2.04 bits per heavy atom. The SMILES string of the molecule is C=CCc1c(-c2ccc(F)cc2)nc(N(C)C)nc1C(C)C.C=O.C=O. The molecule has 2 aromatic rings. The average molecular weight is 359 g/mol. The molecule has 6 heteroatoms. The highest BCUT2D eigenvalue weighted by Crippen LogP contribution is 2.30. The minimum Gasteiger partial charge on any atom is -0.347 e. The summed E-state index contributed by atoms with van der Waals surface area (Å²) >= 11 is 0. The van der Waals surface area contributed by atoms with E-state index < -0.39 is 0 Å². The zero-order valence-electron chi connectivity index (χ0n) is 15.8. The number of rotatable bonds is 5. The first-order chi connectivity index (χ1) is 12.4. The van der Waals surface area contributed by atoms with Gasteiger partial charge in [-0.25, -0.2) is 14.4 Å². The van der Waals surface area contributed by atoms with Crippen LogP contribution in [0.2, 0.25) is 0 Å². The molecule has 1 heterocycles. The monoisotopic (exact) mass is 359 g/mol. The van der Waals surface area contributed by atoms with Crippen molar-refractivity contribution in [2.45, 2.75) is 26.2 Å². The molecule has 0 fully saturated rings. The van der Waals surface area contributed by atoms with Crippen LogP contribution in [0.5, 0.6) is 0 Å². The van der Waals surface area contributed by atoms with Crippen molar-refractivity contribution in [3.63, 3.8) is 0 Å². The van der Waals surface area contributed by atoms with E-state index >= 15 is 0 Å². The van der Waals surface area contributed by atoms with Crippen LogP contribution in [-0.4, -0.2) is 37.6 Å². The molecule has 26 heavy (non-hydrogen) atoms. The van der Waals surface area contributed by atoms with Gasteiger partial charge in [-0.15, -0.1) is 6.58 Å². The summed E-state index contributed by atoms with van der Waals surface area (Å²) in [4.78, 5) is 27.3. The van der Waals surface area contributed by atoms with Gasteiger partial charge in [0.15, 0.2) is 0 Å². The highest BCUT2D eigenvalue weighted by Gasteiger charge is 2.18. The number of nitrogens with zero attached hydrogens (tertiary/aromatic N) is 3. The third-order valence-electron chi connectivity index (χ3n) is 3.44. The van der Waals surface area contributed by atoms with Gasteiger partial charge >= 0.3 is 0 Å². The largest absolute Gasteiger partial charge is 0.347 e. The van der Waals surface area contributed by atoms with Gasteiger partial charge in [0.1, 0.15) is 19.4 Å². The molecule has 0 N–H and O–H groups in total. The molecule has 140 valence electrons. The predicted molar refractivity (Wildman–Crippen MR) is 104 cm³/mol. The van der Waals surface area contributed by atoms with Crippen molar-refractivity contribution in [1.82, 2.24) is 9.97 Å². The van der Waals surface area contributed by atoms with Crippen LogP contribution in [0.1, 0.15) is 31.0 Å². The highest BCUT2D eigenvalue weighted by molar-refractivity contribution is 5.66. The third-order valence-corrected chi connectivity index (χ3v) is 3.44. The molecule has 0 bridgehead atoms. The molecule has 0 aliphatic carbocycles. The van der Waals surface area contributed by atoms with Crippen LogP contribution < -0.4 is 4.90 Å². The Labute approximate surface area is 154 Å². The molecule has 0 saturated carbocycles. The van der Waals surface area contributed by atoms with Crippen LogP contribution in [0.15, 0.2) is 36.9 Å². The van der Waals surface area contributed by atoms with Crippen molar-refractivity contribution in [3.8, 4) is 11.3 Å². The van der Waals surface area contributed by atoms with E-state index in [2.05, 4.69) is 30.4 Å². The minimum atomic E-state index is -0.250. The topological polar surface area (TPSA) is 63.2 Å². The number of benzene rings is 1. The highest BCUT2D eigenvalue weighted by atomic mass is 19.1. The van der Waals surface area contributed by atoms with E-state index in [4.69, 9.17) is 9.59 Å². The normalized spacial score (nSPS) is 9.46. The number of carbonyl (C=O) groups is 2. The molecule has 0 atom stereocenters. The molecular formula is C20H26FN3O2. The number of carbonyl (C=O) groups excluding carboxylic acids is 2. The second-order valence-electron chi connectivity index (χ2n) is 5.78. The maximum atomic E-state index is 13.2. The second-order valence-corrected chi connectivity index (χ2v) is 5.78. The van der Waals surface area contributed by atoms with Crippen molar-refractivity contribution in [3.05, 3.63) is 54.0 Å². The lowest BCUT2D eigenvalue weighted by Gasteiger charge is -2.19. The molecular weight excluding hydrogens is 333 g/mol.